The first kappa shape index (κ1) is 13.1. The van der Waals surface area contributed by atoms with E-state index < -0.39 is 0 Å². The fourth-order valence-electron chi connectivity index (χ4n) is 1.83. The van der Waals surface area contributed by atoms with Crippen LogP contribution < -0.4 is 10.6 Å². The quantitative estimate of drug-likeness (QED) is 0.878. The van der Waals surface area contributed by atoms with Crippen molar-refractivity contribution in [2.75, 3.05) is 17.2 Å². The van der Waals surface area contributed by atoms with E-state index >= 15 is 0 Å². The Hall–Kier alpha value is -2.37. The Kier molecular flexibility index (Phi) is 3.79. The van der Waals surface area contributed by atoms with Crippen molar-refractivity contribution in [3.63, 3.8) is 0 Å². The third-order valence-electron chi connectivity index (χ3n) is 2.69. The Morgan fingerprint density at radius 1 is 1.42 bits per heavy atom. The third kappa shape index (κ3) is 2.90. The molecule has 0 aromatic carbocycles. The van der Waals surface area contributed by atoms with Crippen LogP contribution in [0.3, 0.4) is 0 Å². The molecule has 6 nitrogen and oxygen atoms in total. The first-order valence-corrected chi connectivity index (χ1v) is 6.11. The number of aryl methyl sites for hydroxylation is 2. The van der Waals surface area contributed by atoms with Crippen molar-refractivity contribution in [3.05, 3.63) is 35.9 Å². The molecule has 2 rings (SSSR count). The fraction of sp³-hybridized carbons (Fsp3) is 0.308. The number of hydrogen-bond donors (Lipinski definition) is 2. The van der Waals surface area contributed by atoms with E-state index in [1.165, 1.54) is 0 Å². The summed E-state index contributed by atoms with van der Waals surface area (Å²) in [5.74, 6) is -0.194. The van der Waals surface area contributed by atoms with Crippen LogP contribution in [0.2, 0.25) is 0 Å². The summed E-state index contributed by atoms with van der Waals surface area (Å²) in [4.78, 5) is 16.2. The van der Waals surface area contributed by atoms with Crippen LogP contribution in [0.1, 0.15) is 23.0 Å². The molecule has 0 saturated carbocycles. The lowest BCUT2D eigenvalue weighted by molar-refractivity contribution is 0.102. The molecule has 1 amide bonds. The highest BCUT2D eigenvalue weighted by Crippen LogP contribution is 2.17. The third-order valence-corrected chi connectivity index (χ3v) is 2.69. The molecule has 2 aromatic rings. The molecule has 0 aliphatic carbocycles. The van der Waals surface area contributed by atoms with Gasteiger partial charge in [-0.25, -0.2) is 0 Å². The van der Waals surface area contributed by atoms with Crippen LogP contribution in [0.4, 0.5) is 11.4 Å². The van der Waals surface area contributed by atoms with Crippen molar-refractivity contribution in [1.82, 2.24) is 14.8 Å². The smallest absolute Gasteiger partial charge is 0.259 e. The average molecular weight is 259 g/mol. The van der Waals surface area contributed by atoms with E-state index in [1.807, 2.05) is 20.9 Å². The Bertz CT molecular complexity index is 590. The summed E-state index contributed by atoms with van der Waals surface area (Å²) in [5.41, 5.74) is 2.78. The molecule has 0 atom stereocenters. The van der Waals surface area contributed by atoms with Crippen molar-refractivity contribution in [2.45, 2.75) is 13.8 Å². The summed E-state index contributed by atoms with van der Waals surface area (Å²) in [7, 11) is 1.82. The van der Waals surface area contributed by atoms with Gasteiger partial charge in [-0.05, 0) is 19.9 Å². The van der Waals surface area contributed by atoms with Gasteiger partial charge in [0.2, 0.25) is 0 Å². The highest BCUT2D eigenvalue weighted by molar-refractivity contribution is 6.07. The zero-order valence-electron chi connectivity index (χ0n) is 11.3. The van der Waals surface area contributed by atoms with Gasteiger partial charge < -0.3 is 10.6 Å². The molecule has 0 fully saturated rings. The highest BCUT2D eigenvalue weighted by Gasteiger charge is 2.13. The molecular weight excluding hydrogens is 242 g/mol. The van der Waals surface area contributed by atoms with Crippen molar-refractivity contribution < 1.29 is 4.79 Å². The molecule has 0 bridgehead atoms. The van der Waals surface area contributed by atoms with Crippen molar-refractivity contribution in [2.24, 2.45) is 7.05 Å². The van der Waals surface area contributed by atoms with Gasteiger partial charge in [-0.1, -0.05) is 0 Å². The average Bonchev–Trinajstić information content (AvgIpc) is 2.69. The fourth-order valence-corrected chi connectivity index (χ4v) is 1.83. The van der Waals surface area contributed by atoms with E-state index in [0.717, 1.165) is 17.9 Å². The maximum absolute atomic E-state index is 12.2. The minimum atomic E-state index is -0.194. The number of amides is 1. The maximum atomic E-state index is 12.2. The van der Waals surface area contributed by atoms with Gasteiger partial charge in [-0.3, -0.25) is 14.5 Å². The molecule has 0 aliphatic rings. The van der Waals surface area contributed by atoms with Crippen molar-refractivity contribution in [3.8, 4) is 0 Å². The standard InChI is InChI=1S/C13H17N5O/c1-4-15-11-5-6-14-7-10(11)13(19)16-12-8-18(3)17-9(12)2/h5-8H,4H2,1-3H3,(H,14,15)(H,16,19). The molecule has 19 heavy (non-hydrogen) atoms. The number of nitrogens with one attached hydrogen (secondary N) is 2. The lowest BCUT2D eigenvalue weighted by Crippen LogP contribution is -2.15. The minimum absolute atomic E-state index is 0.194. The van der Waals surface area contributed by atoms with Crippen LogP contribution in [-0.4, -0.2) is 27.2 Å². The topological polar surface area (TPSA) is 71.8 Å². The zero-order valence-corrected chi connectivity index (χ0v) is 11.3. The van der Waals surface area contributed by atoms with Crippen LogP contribution in [-0.2, 0) is 7.05 Å². The summed E-state index contributed by atoms with van der Waals surface area (Å²) >= 11 is 0. The second-order valence-corrected chi connectivity index (χ2v) is 4.21. The molecular formula is C13H17N5O. The number of anilines is 2. The second kappa shape index (κ2) is 5.51. The zero-order chi connectivity index (χ0) is 13.8. The van der Waals surface area contributed by atoms with Crippen molar-refractivity contribution in [1.29, 1.82) is 0 Å². The number of aromatic nitrogens is 3. The molecule has 0 aliphatic heterocycles. The van der Waals surface area contributed by atoms with Gasteiger partial charge in [0.1, 0.15) is 0 Å². The largest absolute Gasteiger partial charge is 0.385 e. The first-order chi connectivity index (χ1) is 9.11. The minimum Gasteiger partial charge on any atom is -0.385 e. The molecule has 2 heterocycles. The van der Waals surface area contributed by atoms with Crippen LogP contribution in [0.15, 0.2) is 24.7 Å². The number of rotatable bonds is 4. The van der Waals surface area contributed by atoms with Crippen molar-refractivity contribution >= 4 is 17.3 Å². The van der Waals surface area contributed by atoms with E-state index in [2.05, 4.69) is 20.7 Å². The summed E-state index contributed by atoms with van der Waals surface area (Å²) in [5, 5.41) is 10.2. The summed E-state index contributed by atoms with van der Waals surface area (Å²) in [6.45, 7) is 4.58. The number of carbonyl (C=O) groups excluding carboxylic acids is 1. The molecule has 0 saturated heterocycles. The van der Waals surface area contributed by atoms with E-state index in [0.29, 0.717) is 11.3 Å². The van der Waals surface area contributed by atoms with E-state index in [4.69, 9.17) is 0 Å². The van der Waals surface area contributed by atoms with Crippen LogP contribution in [0, 0.1) is 6.92 Å². The Labute approximate surface area is 111 Å². The van der Waals surface area contributed by atoms with E-state index in [9.17, 15) is 4.79 Å². The van der Waals surface area contributed by atoms with E-state index in [1.54, 1.807) is 29.3 Å². The van der Waals surface area contributed by atoms with Gasteiger partial charge in [0.25, 0.3) is 5.91 Å². The van der Waals surface area contributed by atoms with Gasteiger partial charge in [0.15, 0.2) is 0 Å². The Balaban J connectivity index is 2.22. The Morgan fingerprint density at radius 3 is 2.84 bits per heavy atom. The van der Waals surface area contributed by atoms with Gasteiger partial charge >= 0.3 is 0 Å². The highest BCUT2D eigenvalue weighted by atomic mass is 16.1. The number of carbonyl (C=O) groups is 1. The summed E-state index contributed by atoms with van der Waals surface area (Å²) in [6, 6.07) is 1.79. The predicted molar refractivity (Wildman–Crippen MR) is 74.3 cm³/mol. The molecule has 2 N–H and O–H groups in total. The molecule has 100 valence electrons. The Morgan fingerprint density at radius 2 is 2.21 bits per heavy atom. The molecule has 2 aromatic heterocycles. The van der Waals surface area contributed by atoms with Gasteiger partial charge in [0.05, 0.1) is 22.6 Å². The summed E-state index contributed by atoms with van der Waals surface area (Å²) < 4.78 is 1.67. The van der Waals surface area contributed by atoms with Crippen LogP contribution in [0.25, 0.3) is 0 Å². The van der Waals surface area contributed by atoms with Crippen LogP contribution >= 0.6 is 0 Å². The normalized spacial score (nSPS) is 10.3. The molecule has 6 heteroatoms. The monoisotopic (exact) mass is 259 g/mol. The molecule has 0 unspecified atom stereocenters. The molecule has 0 spiro atoms. The SMILES string of the molecule is CCNc1ccncc1C(=O)Nc1cn(C)nc1C. The first-order valence-electron chi connectivity index (χ1n) is 6.11. The van der Waals surface area contributed by atoms with Gasteiger partial charge in [-0.15, -0.1) is 0 Å². The lowest BCUT2D eigenvalue weighted by Gasteiger charge is -2.09. The second-order valence-electron chi connectivity index (χ2n) is 4.21. The maximum Gasteiger partial charge on any atom is 0.259 e. The summed E-state index contributed by atoms with van der Waals surface area (Å²) in [6.07, 6.45) is 4.99. The lowest BCUT2D eigenvalue weighted by atomic mass is 10.2. The number of hydrogen-bond acceptors (Lipinski definition) is 4. The number of pyridine rings is 1. The van der Waals surface area contributed by atoms with Gasteiger partial charge in [-0.2, -0.15) is 5.10 Å². The predicted octanol–water partition coefficient (Wildman–Crippen LogP) is 1.81. The van der Waals surface area contributed by atoms with Crippen LogP contribution in [0.5, 0.6) is 0 Å². The number of nitrogens with zero attached hydrogens (tertiary/aromatic N) is 3. The van der Waals surface area contributed by atoms with E-state index in [-0.39, 0.29) is 5.91 Å². The van der Waals surface area contributed by atoms with Gasteiger partial charge in [0, 0.05) is 32.2 Å². The molecule has 0 radical (unpaired) electrons.